The molecule has 4 atom stereocenters. The molecule has 39 heavy (non-hydrogen) atoms. The first-order valence-electron chi connectivity index (χ1n) is 13.2. The zero-order valence-corrected chi connectivity index (χ0v) is 22.6. The Labute approximate surface area is 228 Å². The smallest absolute Gasteiger partial charge is 0.326 e. The Kier molecular flexibility index (Phi) is 13.1. The van der Waals surface area contributed by atoms with Crippen molar-refractivity contribution in [3.63, 3.8) is 0 Å². The number of carbonyl (C=O) groups is 4. The molecule has 2 rings (SSSR count). The van der Waals surface area contributed by atoms with Gasteiger partial charge in [0.05, 0.1) is 12.4 Å². The lowest BCUT2D eigenvalue weighted by Gasteiger charge is -2.26. The summed E-state index contributed by atoms with van der Waals surface area (Å²) in [6.45, 7) is 4.19. The lowest BCUT2D eigenvalue weighted by Crippen LogP contribution is -2.58. The molecule has 0 spiro atoms. The van der Waals surface area contributed by atoms with Crippen LogP contribution >= 0.6 is 0 Å². The minimum atomic E-state index is -1.16. The van der Waals surface area contributed by atoms with Gasteiger partial charge in [-0.2, -0.15) is 0 Å². The highest BCUT2D eigenvalue weighted by atomic mass is 16.4. The Morgan fingerprint density at radius 1 is 0.923 bits per heavy atom. The Bertz CT molecular complexity index is 1050. The number of H-pyrrole nitrogens is 1. The number of nitrogens with zero attached hydrogens (tertiary/aromatic N) is 1. The van der Waals surface area contributed by atoms with E-state index in [-0.39, 0.29) is 31.6 Å². The third-order valence-corrected chi connectivity index (χ3v) is 6.15. The van der Waals surface area contributed by atoms with Crippen molar-refractivity contribution in [2.75, 3.05) is 6.54 Å². The number of rotatable bonds is 17. The largest absolute Gasteiger partial charge is 0.480 e. The molecule has 1 aromatic heterocycles. The number of carbonyl (C=O) groups excluding carboxylic acids is 3. The average molecular weight is 544 g/mol. The van der Waals surface area contributed by atoms with E-state index in [0.717, 1.165) is 5.56 Å². The number of aliphatic carboxylic acids is 1. The molecule has 0 saturated heterocycles. The van der Waals surface area contributed by atoms with Gasteiger partial charge >= 0.3 is 5.97 Å². The van der Waals surface area contributed by atoms with Crippen molar-refractivity contribution in [1.82, 2.24) is 25.9 Å². The summed E-state index contributed by atoms with van der Waals surface area (Å²) >= 11 is 0. The minimum absolute atomic E-state index is 0.0153. The van der Waals surface area contributed by atoms with Gasteiger partial charge in [-0.3, -0.25) is 14.4 Å². The summed E-state index contributed by atoms with van der Waals surface area (Å²) < 4.78 is 0. The van der Waals surface area contributed by atoms with Crippen molar-refractivity contribution in [3.8, 4) is 0 Å². The van der Waals surface area contributed by atoms with Crippen LogP contribution in [0.4, 0.5) is 0 Å². The van der Waals surface area contributed by atoms with Crippen LogP contribution in [0.25, 0.3) is 0 Å². The van der Waals surface area contributed by atoms with Crippen molar-refractivity contribution < 1.29 is 24.3 Å². The first-order chi connectivity index (χ1) is 18.6. The van der Waals surface area contributed by atoms with E-state index in [2.05, 4.69) is 25.9 Å². The number of aromatic amines is 1. The van der Waals surface area contributed by atoms with Crippen molar-refractivity contribution in [1.29, 1.82) is 0 Å². The maximum Gasteiger partial charge on any atom is 0.326 e. The summed E-state index contributed by atoms with van der Waals surface area (Å²) in [5.41, 5.74) is 13.1. The number of aromatic nitrogens is 2. The van der Waals surface area contributed by atoms with Gasteiger partial charge in [-0.1, -0.05) is 44.2 Å². The summed E-state index contributed by atoms with van der Waals surface area (Å²) in [7, 11) is 0. The summed E-state index contributed by atoms with van der Waals surface area (Å²) in [4.78, 5) is 58.0. The van der Waals surface area contributed by atoms with Crippen LogP contribution in [0.3, 0.4) is 0 Å². The maximum absolute atomic E-state index is 13.4. The van der Waals surface area contributed by atoms with E-state index in [1.807, 2.05) is 44.2 Å². The molecule has 2 aromatic rings. The van der Waals surface area contributed by atoms with Gasteiger partial charge in [0.1, 0.15) is 18.1 Å². The van der Waals surface area contributed by atoms with Crippen LogP contribution in [0.2, 0.25) is 0 Å². The van der Waals surface area contributed by atoms with Crippen LogP contribution in [-0.4, -0.2) is 69.5 Å². The molecule has 0 aliphatic rings. The molecule has 12 nitrogen and oxygen atoms in total. The van der Waals surface area contributed by atoms with Gasteiger partial charge in [-0.25, -0.2) is 9.78 Å². The SMILES string of the molecule is CC(C)CC(NC(=O)C(Cc1cnc[nH]1)NC(=O)C(N)Cc1ccccc1)C(=O)NC(CCCCN)C(=O)O. The fourth-order valence-corrected chi connectivity index (χ4v) is 4.06. The van der Waals surface area contributed by atoms with Gasteiger partial charge < -0.3 is 37.5 Å². The number of benzene rings is 1. The molecule has 3 amide bonds. The van der Waals surface area contributed by atoms with Crippen LogP contribution < -0.4 is 27.4 Å². The first kappa shape index (κ1) is 31.4. The predicted molar refractivity (Wildman–Crippen MR) is 146 cm³/mol. The number of hydrogen-bond donors (Lipinski definition) is 7. The monoisotopic (exact) mass is 543 g/mol. The summed E-state index contributed by atoms with van der Waals surface area (Å²) in [5, 5.41) is 17.5. The van der Waals surface area contributed by atoms with Crippen molar-refractivity contribution in [2.45, 2.75) is 76.5 Å². The maximum atomic E-state index is 13.4. The van der Waals surface area contributed by atoms with Gasteiger partial charge in [-0.15, -0.1) is 0 Å². The second-order valence-electron chi connectivity index (χ2n) is 10.0. The summed E-state index contributed by atoms with van der Waals surface area (Å²) in [6, 6.07) is 5.21. The van der Waals surface area contributed by atoms with E-state index < -0.39 is 47.9 Å². The Morgan fingerprint density at radius 3 is 2.15 bits per heavy atom. The number of hydrogen-bond acceptors (Lipinski definition) is 7. The third-order valence-electron chi connectivity index (χ3n) is 6.15. The second-order valence-corrected chi connectivity index (χ2v) is 10.0. The third kappa shape index (κ3) is 11.2. The molecule has 0 radical (unpaired) electrons. The highest BCUT2D eigenvalue weighted by molar-refractivity contribution is 5.94. The molecule has 1 aromatic carbocycles. The van der Waals surface area contributed by atoms with Gasteiger partial charge in [0.15, 0.2) is 0 Å². The molecule has 0 saturated carbocycles. The number of unbranched alkanes of at least 4 members (excludes halogenated alkanes) is 1. The molecule has 1 heterocycles. The highest BCUT2D eigenvalue weighted by Crippen LogP contribution is 2.09. The van der Waals surface area contributed by atoms with Crippen LogP contribution in [-0.2, 0) is 32.0 Å². The number of carboxylic acids is 1. The zero-order chi connectivity index (χ0) is 28.8. The lowest BCUT2D eigenvalue weighted by molar-refractivity contribution is -0.142. The van der Waals surface area contributed by atoms with Gasteiger partial charge in [-0.05, 0) is 50.1 Å². The standard InChI is InChI=1S/C27H41N7O5/c1-17(2)12-22(25(36)32-21(27(38)39)10-6-7-11-28)34-26(37)23(14-19-15-30-16-31-19)33-24(35)20(29)13-18-8-4-3-5-9-18/h3-5,8-9,15-17,20-23H,6-7,10-14,28-29H2,1-2H3,(H,30,31)(H,32,36)(H,33,35)(H,34,37)(H,38,39). The number of nitrogens with one attached hydrogen (secondary N) is 4. The van der Waals surface area contributed by atoms with Crippen LogP contribution in [0.15, 0.2) is 42.9 Å². The molecule has 4 unspecified atom stereocenters. The average Bonchev–Trinajstić information content (AvgIpc) is 3.40. The fourth-order valence-electron chi connectivity index (χ4n) is 4.06. The van der Waals surface area contributed by atoms with E-state index in [4.69, 9.17) is 11.5 Å². The molecule has 9 N–H and O–H groups in total. The summed E-state index contributed by atoms with van der Waals surface area (Å²) in [6.07, 6.45) is 5.02. The van der Waals surface area contributed by atoms with Gasteiger partial charge in [0.25, 0.3) is 0 Å². The molecule has 0 bridgehead atoms. The van der Waals surface area contributed by atoms with E-state index in [1.165, 1.54) is 12.5 Å². The van der Waals surface area contributed by atoms with Crippen LogP contribution in [0.5, 0.6) is 0 Å². The molecular weight excluding hydrogens is 502 g/mol. The molecule has 12 heteroatoms. The van der Waals surface area contributed by atoms with Gasteiger partial charge in [0.2, 0.25) is 17.7 Å². The van der Waals surface area contributed by atoms with Crippen LogP contribution in [0.1, 0.15) is 50.8 Å². The highest BCUT2D eigenvalue weighted by Gasteiger charge is 2.31. The van der Waals surface area contributed by atoms with Crippen molar-refractivity contribution in [2.24, 2.45) is 17.4 Å². The predicted octanol–water partition coefficient (Wildman–Crippen LogP) is 0.236. The first-order valence-corrected chi connectivity index (χ1v) is 13.2. The molecule has 0 aliphatic heterocycles. The molecule has 0 fully saturated rings. The lowest BCUT2D eigenvalue weighted by atomic mass is 10.0. The van der Waals surface area contributed by atoms with E-state index in [0.29, 0.717) is 25.1 Å². The quantitative estimate of drug-likeness (QED) is 0.137. The van der Waals surface area contributed by atoms with Crippen molar-refractivity contribution >= 4 is 23.7 Å². The normalized spacial score (nSPS) is 14.2. The van der Waals surface area contributed by atoms with Crippen molar-refractivity contribution in [3.05, 3.63) is 54.1 Å². The number of imidazole rings is 1. The topological polar surface area (TPSA) is 205 Å². The van der Waals surface area contributed by atoms with Crippen LogP contribution in [0, 0.1) is 5.92 Å². The Balaban J connectivity index is 2.15. The van der Waals surface area contributed by atoms with E-state index >= 15 is 0 Å². The molecule has 0 aliphatic carbocycles. The zero-order valence-electron chi connectivity index (χ0n) is 22.6. The molecular formula is C27H41N7O5. The number of amides is 3. The fraction of sp³-hybridized carbons (Fsp3) is 0.519. The van der Waals surface area contributed by atoms with E-state index in [1.54, 1.807) is 0 Å². The Hall–Kier alpha value is -3.77. The number of carboxylic acid groups (broad SMARTS) is 1. The number of nitrogens with two attached hydrogens (primary N) is 2. The van der Waals surface area contributed by atoms with E-state index in [9.17, 15) is 24.3 Å². The van der Waals surface area contributed by atoms with Gasteiger partial charge in [0, 0.05) is 18.3 Å². The second kappa shape index (κ2) is 16.2. The minimum Gasteiger partial charge on any atom is -0.480 e. The summed E-state index contributed by atoms with van der Waals surface area (Å²) in [5.74, 6) is -2.87. The Morgan fingerprint density at radius 2 is 1.56 bits per heavy atom. The molecule has 214 valence electrons.